The first-order chi connectivity index (χ1) is 10.1. The number of halogens is 1. The largest absolute Gasteiger partial charge is 0.337 e. The average molecular weight is 292 g/mol. The molecule has 0 atom stereocenters. The third-order valence-electron chi connectivity index (χ3n) is 3.24. The number of non-ortho nitro benzene ring substituents is 1. The summed E-state index contributed by atoms with van der Waals surface area (Å²) in [6.45, 7) is 3.24. The van der Waals surface area contributed by atoms with E-state index >= 15 is 0 Å². The van der Waals surface area contributed by atoms with Crippen molar-refractivity contribution < 1.29 is 9.31 Å². The summed E-state index contributed by atoms with van der Waals surface area (Å²) in [5.74, 6) is 0.142. The van der Waals surface area contributed by atoms with Crippen LogP contribution in [0.15, 0.2) is 18.2 Å². The molecule has 1 fully saturated rings. The van der Waals surface area contributed by atoms with E-state index in [4.69, 9.17) is 0 Å². The number of hydrogen-bond acceptors (Lipinski definition) is 6. The molecule has 2 N–H and O–H groups in total. The van der Waals surface area contributed by atoms with Gasteiger partial charge < -0.3 is 10.2 Å². The summed E-state index contributed by atoms with van der Waals surface area (Å²) in [6, 6.07) is 3.33. The van der Waals surface area contributed by atoms with Gasteiger partial charge in [-0.15, -0.1) is 5.10 Å². The predicted octanol–water partition coefficient (Wildman–Crippen LogP) is 0.929. The van der Waals surface area contributed by atoms with Crippen molar-refractivity contribution in [2.45, 2.75) is 0 Å². The summed E-state index contributed by atoms with van der Waals surface area (Å²) < 4.78 is 13.4. The zero-order valence-corrected chi connectivity index (χ0v) is 11.0. The molecule has 0 spiro atoms. The van der Waals surface area contributed by atoms with Gasteiger partial charge in [-0.1, -0.05) is 0 Å². The van der Waals surface area contributed by atoms with Gasteiger partial charge in [-0.25, -0.2) is 4.39 Å². The Morgan fingerprint density at radius 2 is 2.05 bits per heavy atom. The molecule has 0 amide bonds. The van der Waals surface area contributed by atoms with Gasteiger partial charge in [-0.2, -0.15) is 4.98 Å². The van der Waals surface area contributed by atoms with Crippen LogP contribution in [-0.2, 0) is 0 Å². The standard InChI is InChI=1S/C12H13FN6O2/c13-9-5-8(6-10(7-9)19(20)21)11-15-12(17-16-11)18-3-1-14-2-4-18/h5-7,14H,1-4H2,(H,15,16,17). The van der Waals surface area contributed by atoms with E-state index in [0.29, 0.717) is 17.3 Å². The molecule has 1 aromatic heterocycles. The van der Waals surface area contributed by atoms with Gasteiger partial charge in [0.05, 0.1) is 11.0 Å². The van der Waals surface area contributed by atoms with Gasteiger partial charge in [0.1, 0.15) is 5.82 Å². The topological polar surface area (TPSA) is 100.0 Å². The van der Waals surface area contributed by atoms with Crippen molar-refractivity contribution in [3.8, 4) is 11.4 Å². The van der Waals surface area contributed by atoms with Crippen LogP contribution in [0.4, 0.5) is 16.0 Å². The van der Waals surface area contributed by atoms with E-state index in [9.17, 15) is 14.5 Å². The summed E-state index contributed by atoms with van der Waals surface area (Å²) in [6.07, 6.45) is 0. The molecule has 0 bridgehead atoms. The quantitative estimate of drug-likeness (QED) is 0.645. The van der Waals surface area contributed by atoms with Crippen molar-refractivity contribution in [1.29, 1.82) is 0 Å². The number of piperazine rings is 1. The van der Waals surface area contributed by atoms with Crippen molar-refractivity contribution >= 4 is 11.6 Å². The first-order valence-electron chi connectivity index (χ1n) is 6.47. The number of nitro groups is 1. The monoisotopic (exact) mass is 292 g/mol. The average Bonchev–Trinajstić information content (AvgIpc) is 2.97. The zero-order chi connectivity index (χ0) is 14.8. The van der Waals surface area contributed by atoms with Crippen molar-refractivity contribution in [3.05, 3.63) is 34.1 Å². The molecule has 0 saturated carbocycles. The second-order valence-corrected chi connectivity index (χ2v) is 4.68. The molecule has 110 valence electrons. The first-order valence-corrected chi connectivity index (χ1v) is 6.47. The minimum atomic E-state index is -0.681. The highest BCUT2D eigenvalue weighted by Gasteiger charge is 2.17. The fraction of sp³-hybridized carbons (Fsp3) is 0.333. The van der Waals surface area contributed by atoms with E-state index < -0.39 is 10.7 Å². The molecule has 2 heterocycles. The molecule has 1 aliphatic rings. The van der Waals surface area contributed by atoms with E-state index in [0.717, 1.165) is 32.2 Å². The predicted molar refractivity (Wildman–Crippen MR) is 73.5 cm³/mol. The molecule has 9 heteroatoms. The van der Waals surface area contributed by atoms with Crippen LogP contribution >= 0.6 is 0 Å². The smallest absolute Gasteiger partial charge is 0.273 e. The molecule has 1 aliphatic heterocycles. The Hall–Kier alpha value is -2.55. The number of aromatic nitrogens is 3. The third kappa shape index (κ3) is 2.82. The Balaban J connectivity index is 1.90. The van der Waals surface area contributed by atoms with Gasteiger partial charge in [0.25, 0.3) is 5.69 Å². The van der Waals surface area contributed by atoms with Crippen LogP contribution in [0.5, 0.6) is 0 Å². The lowest BCUT2D eigenvalue weighted by Crippen LogP contribution is -2.44. The van der Waals surface area contributed by atoms with E-state index in [1.165, 1.54) is 12.1 Å². The Bertz CT molecular complexity index is 668. The summed E-state index contributed by atoms with van der Waals surface area (Å²) in [5.41, 5.74) is -0.0132. The van der Waals surface area contributed by atoms with Gasteiger partial charge in [0.2, 0.25) is 5.95 Å². The van der Waals surface area contributed by atoms with Crippen molar-refractivity contribution in [2.24, 2.45) is 0 Å². The van der Waals surface area contributed by atoms with Gasteiger partial charge in [0.15, 0.2) is 5.82 Å². The lowest BCUT2D eigenvalue weighted by molar-refractivity contribution is -0.385. The highest BCUT2D eigenvalue weighted by molar-refractivity contribution is 5.60. The number of nitrogens with zero attached hydrogens (tertiary/aromatic N) is 4. The minimum absolute atomic E-state index is 0.301. The van der Waals surface area contributed by atoms with E-state index in [1.54, 1.807) is 0 Å². The highest BCUT2D eigenvalue weighted by Crippen LogP contribution is 2.24. The normalized spacial score (nSPS) is 15.2. The molecule has 0 unspecified atom stereocenters. The number of rotatable bonds is 3. The van der Waals surface area contributed by atoms with Crippen LogP contribution in [0.1, 0.15) is 0 Å². The maximum absolute atomic E-state index is 13.4. The molecule has 21 heavy (non-hydrogen) atoms. The van der Waals surface area contributed by atoms with Crippen LogP contribution in [0, 0.1) is 15.9 Å². The van der Waals surface area contributed by atoms with Crippen LogP contribution in [0.25, 0.3) is 11.4 Å². The summed E-state index contributed by atoms with van der Waals surface area (Å²) >= 11 is 0. The number of benzene rings is 1. The number of anilines is 1. The number of hydrogen-bond donors (Lipinski definition) is 2. The first kappa shape index (κ1) is 13.4. The number of H-pyrrole nitrogens is 1. The zero-order valence-electron chi connectivity index (χ0n) is 11.0. The second-order valence-electron chi connectivity index (χ2n) is 4.68. The van der Waals surface area contributed by atoms with Crippen LogP contribution in [-0.4, -0.2) is 46.3 Å². The number of nitro benzene ring substituents is 1. The highest BCUT2D eigenvalue weighted by atomic mass is 19.1. The maximum atomic E-state index is 13.4. The van der Waals surface area contributed by atoms with Crippen LogP contribution < -0.4 is 10.2 Å². The lowest BCUT2D eigenvalue weighted by atomic mass is 10.2. The SMILES string of the molecule is O=[N+]([O-])c1cc(F)cc(-c2nc(N3CCNCC3)n[nH]2)c1. The van der Waals surface area contributed by atoms with Gasteiger partial charge in [-0.05, 0) is 6.07 Å². The Labute approximate surface area is 119 Å². The molecule has 0 aliphatic carbocycles. The maximum Gasteiger partial charge on any atom is 0.273 e. The van der Waals surface area contributed by atoms with Crippen molar-refractivity contribution in [3.63, 3.8) is 0 Å². The van der Waals surface area contributed by atoms with E-state index in [1.807, 2.05) is 4.90 Å². The Morgan fingerprint density at radius 1 is 1.29 bits per heavy atom. The van der Waals surface area contributed by atoms with Gasteiger partial charge in [0, 0.05) is 37.8 Å². The Morgan fingerprint density at radius 3 is 2.76 bits per heavy atom. The third-order valence-corrected chi connectivity index (χ3v) is 3.24. The van der Waals surface area contributed by atoms with Crippen LogP contribution in [0.2, 0.25) is 0 Å². The molecular weight excluding hydrogens is 279 g/mol. The fourth-order valence-electron chi connectivity index (χ4n) is 2.20. The number of nitrogens with one attached hydrogen (secondary N) is 2. The Kier molecular flexibility index (Phi) is 3.48. The van der Waals surface area contributed by atoms with Crippen LogP contribution in [0.3, 0.4) is 0 Å². The van der Waals surface area contributed by atoms with Gasteiger partial charge >= 0.3 is 0 Å². The summed E-state index contributed by atoms with van der Waals surface area (Å²) in [4.78, 5) is 16.4. The summed E-state index contributed by atoms with van der Waals surface area (Å²) in [7, 11) is 0. The van der Waals surface area contributed by atoms with Crippen molar-refractivity contribution in [1.82, 2.24) is 20.5 Å². The molecule has 1 aromatic carbocycles. The van der Waals surface area contributed by atoms with E-state index in [-0.39, 0.29) is 5.69 Å². The number of aromatic amines is 1. The fourth-order valence-corrected chi connectivity index (χ4v) is 2.20. The molecule has 3 rings (SSSR count). The van der Waals surface area contributed by atoms with Gasteiger partial charge in [-0.3, -0.25) is 15.2 Å². The second kappa shape index (κ2) is 5.44. The van der Waals surface area contributed by atoms with Crippen molar-refractivity contribution in [2.75, 3.05) is 31.1 Å². The minimum Gasteiger partial charge on any atom is -0.337 e. The molecule has 0 radical (unpaired) electrons. The lowest BCUT2D eigenvalue weighted by Gasteiger charge is -2.25. The molecule has 2 aromatic rings. The summed E-state index contributed by atoms with van der Waals surface area (Å²) in [5, 5.41) is 20.8. The molecular formula is C12H13FN6O2. The molecule has 1 saturated heterocycles. The molecule has 8 nitrogen and oxygen atoms in total. The van der Waals surface area contributed by atoms with E-state index in [2.05, 4.69) is 20.5 Å².